The van der Waals surface area contributed by atoms with E-state index in [2.05, 4.69) is 5.43 Å². The van der Waals surface area contributed by atoms with E-state index in [1.54, 1.807) is 18.2 Å². The van der Waals surface area contributed by atoms with Gasteiger partial charge in [0.15, 0.2) is 0 Å². The predicted octanol–water partition coefficient (Wildman–Crippen LogP) is 5.05. The molecule has 0 aliphatic heterocycles. The zero-order valence-corrected chi connectivity index (χ0v) is 13.4. The second kappa shape index (κ2) is 6.99. The monoisotopic (exact) mass is 348 g/mol. The van der Waals surface area contributed by atoms with Gasteiger partial charge in [0.05, 0.1) is 16.1 Å². The van der Waals surface area contributed by atoms with Gasteiger partial charge in [-0.2, -0.15) is 0 Å². The van der Waals surface area contributed by atoms with Crippen LogP contribution < -0.4 is 11.3 Å². The minimum atomic E-state index is -0.185. The van der Waals surface area contributed by atoms with E-state index in [4.69, 9.17) is 52.2 Å². The molecule has 0 aliphatic carbocycles. The van der Waals surface area contributed by atoms with Crippen LogP contribution >= 0.6 is 46.4 Å². The first kappa shape index (κ1) is 15.9. The minimum absolute atomic E-state index is 0.185. The molecule has 0 saturated heterocycles. The van der Waals surface area contributed by atoms with Crippen molar-refractivity contribution in [3.63, 3.8) is 0 Å². The third kappa shape index (κ3) is 3.59. The molecule has 0 radical (unpaired) electrons. The number of halogens is 4. The third-order valence-electron chi connectivity index (χ3n) is 2.99. The van der Waals surface area contributed by atoms with E-state index >= 15 is 0 Å². The maximum atomic E-state index is 6.20. The summed E-state index contributed by atoms with van der Waals surface area (Å²) in [4.78, 5) is 0. The minimum Gasteiger partial charge on any atom is -0.271 e. The lowest BCUT2D eigenvalue weighted by atomic mass is 9.99. The van der Waals surface area contributed by atoms with Crippen molar-refractivity contribution in [1.82, 2.24) is 5.43 Å². The molecule has 6 heteroatoms. The average Bonchev–Trinajstić information content (AvgIpc) is 2.41. The number of rotatable bonds is 4. The van der Waals surface area contributed by atoms with Crippen molar-refractivity contribution in [3.8, 4) is 0 Å². The highest BCUT2D eigenvalue weighted by molar-refractivity contribution is 6.42. The zero-order chi connectivity index (χ0) is 14.7. The molecule has 1 atom stereocenters. The van der Waals surface area contributed by atoms with E-state index < -0.39 is 0 Å². The fourth-order valence-corrected chi connectivity index (χ4v) is 2.91. The molecule has 106 valence electrons. The Morgan fingerprint density at radius 1 is 1.00 bits per heavy atom. The van der Waals surface area contributed by atoms with Gasteiger partial charge in [0, 0.05) is 10.0 Å². The second-order valence-electron chi connectivity index (χ2n) is 4.30. The van der Waals surface area contributed by atoms with Gasteiger partial charge < -0.3 is 0 Å². The number of hydrogen-bond donors (Lipinski definition) is 2. The fraction of sp³-hybridized carbons (Fsp3) is 0.143. The summed E-state index contributed by atoms with van der Waals surface area (Å²) in [5.41, 5.74) is 4.50. The van der Waals surface area contributed by atoms with Gasteiger partial charge in [-0.25, -0.2) is 0 Å². The van der Waals surface area contributed by atoms with E-state index in [-0.39, 0.29) is 6.04 Å². The number of nitrogens with two attached hydrogens (primary N) is 1. The number of nitrogens with one attached hydrogen (secondary N) is 1. The van der Waals surface area contributed by atoms with Crippen molar-refractivity contribution in [3.05, 3.63) is 67.6 Å². The summed E-state index contributed by atoms with van der Waals surface area (Å²) >= 11 is 24.3. The Hall–Kier alpha value is -0.480. The predicted molar refractivity (Wildman–Crippen MR) is 86.7 cm³/mol. The molecule has 0 heterocycles. The lowest BCUT2D eigenvalue weighted by molar-refractivity contribution is 0.552. The Morgan fingerprint density at radius 3 is 2.40 bits per heavy atom. The highest BCUT2D eigenvalue weighted by Gasteiger charge is 2.16. The van der Waals surface area contributed by atoms with Crippen molar-refractivity contribution in [2.45, 2.75) is 12.5 Å². The van der Waals surface area contributed by atoms with E-state index in [9.17, 15) is 0 Å². The molecule has 0 bridgehead atoms. The molecule has 2 aromatic carbocycles. The Bertz CT molecular complexity index is 616. The van der Waals surface area contributed by atoms with Crippen LogP contribution in [0.25, 0.3) is 0 Å². The molecule has 0 aromatic heterocycles. The maximum absolute atomic E-state index is 6.20. The largest absolute Gasteiger partial charge is 0.271 e. The van der Waals surface area contributed by atoms with Crippen LogP contribution in [0.5, 0.6) is 0 Å². The van der Waals surface area contributed by atoms with Crippen molar-refractivity contribution in [2.24, 2.45) is 5.84 Å². The first-order chi connectivity index (χ1) is 9.52. The second-order valence-corrected chi connectivity index (χ2v) is 5.93. The standard InChI is InChI=1S/C14H12Cl4N2/c15-9-4-5-10(12(17)7-9)13(20-19)6-8-2-1-3-11(16)14(8)18/h1-5,7,13,20H,6,19H2. The molecule has 0 aliphatic rings. The van der Waals surface area contributed by atoms with Gasteiger partial charge in [0.2, 0.25) is 0 Å². The van der Waals surface area contributed by atoms with E-state index in [1.165, 1.54) is 0 Å². The normalized spacial score (nSPS) is 12.4. The molecular weight excluding hydrogens is 338 g/mol. The van der Waals surface area contributed by atoms with Crippen molar-refractivity contribution < 1.29 is 0 Å². The summed E-state index contributed by atoms with van der Waals surface area (Å²) in [6.07, 6.45) is 0.567. The number of hydrogen-bond acceptors (Lipinski definition) is 2. The van der Waals surface area contributed by atoms with Gasteiger partial charge in [0.1, 0.15) is 0 Å². The summed E-state index contributed by atoms with van der Waals surface area (Å²) in [6.45, 7) is 0. The Morgan fingerprint density at radius 2 is 1.75 bits per heavy atom. The Balaban J connectivity index is 2.31. The lowest BCUT2D eigenvalue weighted by Crippen LogP contribution is -2.29. The lowest BCUT2D eigenvalue weighted by Gasteiger charge is -2.19. The van der Waals surface area contributed by atoms with Gasteiger partial charge in [0.25, 0.3) is 0 Å². The quantitative estimate of drug-likeness (QED) is 0.598. The molecule has 3 N–H and O–H groups in total. The van der Waals surface area contributed by atoms with Gasteiger partial charge in [-0.1, -0.05) is 64.6 Å². The summed E-state index contributed by atoms with van der Waals surface area (Å²) in [5.74, 6) is 5.63. The number of benzene rings is 2. The number of hydrazine groups is 1. The van der Waals surface area contributed by atoms with Crippen LogP contribution in [0.15, 0.2) is 36.4 Å². The summed E-state index contributed by atoms with van der Waals surface area (Å²) < 4.78 is 0. The smallest absolute Gasteiger partial charge is 0.0624 e. The van der Waals surface area contributed by atoms with Gasteiger partial charge >= 0.3 is 0 Å². The highest BCUT2D eigenvalue weighted by Crippen LogP contribution is 2.32. The zero-order valence-electron chi connectivity index (χ0n) is 10.3. The van der Waals surface area contributed by atoms with Crippen molar-refractivity contribution in [2.75, 3.05) is 0 Å². The van der Waals surface area contributed by atoms with Crippen LogP contribution in [0.2, 0.25) is 20.1 Å². The van der Waals surface area contributed by atoms with Crippen LogP contribution in [0.3, 0.4) is 0 Å². The summed E-state index contributed by atoms with van der Waals surface area (Å²) in [7, 11) is 0. The topological polar surface area (TPSA) is 38.0 Å². The molecule has 0 spiro atoms. The Labute approximate surface area is 137 Å². The summed E-state index contributed by atoms with van der Waals surface area (Å²) in [6, 6.07) is 10.6. The summed E-state index contributed by atoms with van der Waals surface area (Å²) in [5, 5.41) is 2.18. The third-order valence-corrected chi connectivity index (χ3v) is 4.42. The molecule has 20 heavy (non-hydrogen) atoms. The SMILES string of the molecule is NNC(Cc1cccc(Cl)c1Cl)c1ccc(Cl)cc1Cl. The highest BCUT2D eigenvalue weighted by atomic mass is 35.5. The first-order valence-corrected chi connectivity index (χ1v) is 7.38. The van der Waals surface area contributed by atoms with Crippen LogP contribution in [0.1, 0.15) is 17.2 Å². The van der Waals surface area contributed by atoms with E-state index in [0.29, 0.717) is 26.5 Å². The maximum Gasteiger partial charge on any atom is 0.0624 e. The molecule has 0 amide bonds. The van der Waals surface area contributed by atoms with Crippen LogP contribution in [-0.4, -0.2) is 0 Å². The fourth-order valence-electron chi connectivity index (χ4n) is 1.97. The first-order valence-electron chi connectivity index (χ1n) is 5.87. The molecule has 2 rings (SSSR count). The van der Waals surface area contributed by atoms with Crippen molar-refractivity contribution in [1.29, 1.82) is 0 Å². The molecule has 0 fully saturated rings. The van der Waals surface area contributed by atoms with E-state index in [0.717, 1.165) is 11.1 Å². The van der Waals surface area contributed by atoms with E-state index in [1.807, 2.05) is 18.2 Å². The molecule has 0 saturated carbocycles. The molecule has 2 nitrogen and oxygen atoms in total. The van der Waals surface area contributed by atoms with Gasteiger partial charge in [-0.05, 0) is 35.7 Å². The van der Waals surface area contributed by atoms with Crippen LogP contribution in [-0.2, 0) is 6.42 Å². The van der Waals surface area contributed by atoms with Crippen LogP contribution in [0.4, 0.5) is 0 Å². The van der Waals surface area contributed by atoms with Gasteiger partial charge in [-0.3, -0.25) is 11.3 Å². The van der Waals surface area contributed by atoms with Crippen LogP contribution in [0, 0.1) is 0 Å². The molecular formula is C14H12Cl4N2. The van der Waals surface area contributed by atoms with Crippen molar-refractivity contribution >= 4 is 46.4 Å². The molecule has 2 aromatic rings. The average molecular weight is 350 g/mol. The van der Waals surface area contributed by atoms with Gasteiger partial charge in [-0.15, -0.1) is 0 Å². The molecule has 1 unspecified atom stereocenters. The Kier molecular flexibility index (Phi) is 5.56.